The van der Waals surface area contributed by atoms with Gasteiger partial charge in [0.2, 0.25) is 0 Å². The quantitative estimate of drug-likeness (QED) is 0.602. The molecule has 3 atom stereocenters. The summed E-state index contributed by atoms with van der Waals surface area (Å²) in [6, 6.07) is 6.28. The van der Waals surface area contributed by atoms with Crippen LogP contribution in [0, 0.1) is 17.8 Å². The van der Waals surface area contributed by atoms with Crippen molar-refractivity contribution < 1.29 is 14.6 Å². The van der Waals surface area contributed by atoms with E-state index in [4.69, 9.17) is 4.74 Å². The van der Waals surface area contributed by atoms with Crippen LogP contribution in [0.1, 0.15) is 57.3 Å². The molecule has 1 aromatic rings. The van der Waals surface area contributed by atoms with E-state index in [0.717, 1.165) is 19.3 Å². The van der Waals surface area contributed by atoms with Crippen LogP contribution in [0.15, 0.2) is 47.1 Å². The van der Waals surface area contributed by atoms with Crippen LogP contribution in [0.4, 0.5) is 0 Å². The van der Waals surface area contributed by atoms with Crippen molar-refractivity contribution >= 4 is 5.97 Å². The topological polar surface area (TPSA) is 46.5 Å². The van der Waals surface area contributed by atoms with Gasteiger partial charge in [0.1, 0.15) is 11.9 Å². The number of esters is 1. The molecule has 0 fully saturated rings. The number of ether oxygens (including phenoxy) is 1. The summed E-state index contributed by atoms with van der Waals surface area (Å²) in [5.74, 6) is 1.18. The first-order chi connectivity index (χ1) is 11.9. The van der Waals surface area contributed by atoms with E-state index in [0.29, 0.717) is 23.3 Å². The van der Waals surface area contributed by atoms with Crippen LogP contribution >= 0.6 is 0 Å². The zero-order valence-corrected chi connectivity index (χ0v) is 15.6. The van der Waals surface area contributed by atoms with Gasteiger partial charge in [-0.25, -0.2) is 4.79 Å². The minimum Gasteiger partial charge on any atom is -0.508 e. The summed E-state index contributed by atoms with van der Waals surface area (Å²) in [4.78, 5) is 12.6. The van der Waals surface area contributed by atoms with Crippen LogP contribution in [-0.2, 0) is 4.74 Å². The molecule has 0 bridgehead atoms. The molecular weight excluding hydrogens is 312 g/mol. The van der Waals surface area contributed by atoms with Gasteiger partial charge in [-0.15, -0.1) is 0 Å². The number of fused-ring (bicyclic) bond motifs is 1. The maximum atomic E-state index is 12.6. The van der Waals surface area contributed by atoms with Crippen LogP contribution in [0.3, 0.4) is 0 Å². The lowest BCUT2D eigenvalue weighted by molar-refractivity contribution is 0.00461. The Kier molecular flexibility index (Phi) is 5.03. The monoisotopic (exact) mass is 340 g/mol. The van der Waals surface area contributed by atoms with Gasteiger partial charge in [-0.05, 0) is 62.8 Å². The third kappa shape index (κ3) is 3.65. The number of phenolic OH excluding ortho intramolecular Hbond substituents is 1. The number of hydrogen-bond donors (Lipinski definition) is 1. The maximum absolute atomic E-state index is 12.6. The Morgan fingerprint density at radius 3 is 2.52 bits per heavy atom. The van der Waals surface area contributed by atoms with Gasteiger partial charge < -0.3 is 9.84 Å². The number of carbonyl (C=O) groups is 1. The smallest absolute Gasteiger partial charge is 0.338 e. The fourth-order valence-corrected chi connectivity index (χ4v) is 4.27. The van der Waals surface area contributed by atoms with Crippen molar-refractivity contribution in [2.24, 2.45) is 17.8 Å². The summed E-state index contributed by atoms with van der Waals surface area (Å²) in [5.41, 5.74) is 4.87. The van der Waals surface area contributed by atoms with E-state index in [1.54, 1.807) is 12.1 Å². The molecule has 0 aromatic heterocycles. The number of phenols is 1. The van der Waals surface area contributed by atoms with Crippen LogP contribution in [0.5, 0.6) is 5.75 Å². The second kappa shape index (κ2) is 7.07. The minimum atomic E-state index is -0.298. The Morgan fingerprint density at radius 2 is 1.88 bits per heavy atom. The lowest BCUT2D eigenvalue weighted by Gasteiger charge is -2.30. The van der Waals surface area contributed by atoms with Crippen molar-refractivity contribution in [2.45, 2.75) is 53.1 Å². The minimum absolute atomic E-state index is 0.0906. The molecule has 134 valence electrons. The fourth-order valence-electron chi connectivity index (χ4n) is 4.27. The first kappa shape index (κ1) is 17.8. The zero-order valence-electron chi connectivity index (χ0n) is 15.6. The number of allylic oxidation sites excluding steroid dienone is 3. The zero-order chi connectivity index (χ0) is 18.1. The first-order valence-corrected chi connectivity index (χ1v) is 9.22. The number of rotatable bonds is 3. The molecule has 3 nitrogen and oxygen atoms in total. The van der Waals surface area contributed by atoms with Crippen LogP contribution in [0.2, 0.25) is 0 Å². The Balaban J connectivity index is 1.82. The predicted molar refractivity (Wildman–Crippen MR) is 99.4 cm³/mol. The van der Waals surface area contributed by atoms with Gasteiger partial charge in [0.25, 0.3) is 0 Å². The summed E-state index contributed by atoms with van der Waals surface area (Å²) in [6.45, 7) is 8.87. The Morgan fingerprint density at radius 1 is 1.20 bits per heavy atom. The molecule has 3 rings (SSSR count). The highest BCUT2D eigenvalue weighted by atomic mass is 16.5. The molecule has 0 heterocycles. The molecule has 0 spiro atoms. The largest absolute Gasteiger partial charge is 0.508 e. The summed E-state index contributed by atoms with van der Waals surface area (Å²) in [5, 5.41) is 9.40. The van der Waals surface area contributed by atoms with Gasteiger partial charge in [-0.1, -0.05) is 36.6 Å². The molecular formula is C22H28O3. The number of benzene rings is 1. The molecule has 0 amide bonds. The molecule has 1 aromatic carbocycles. The van der Waals surface area contributed by atoms with Gasteiger partial charge in [-0.3, -0.25) is 0 Å². The van der Waals surface area contributed by atoms with E-state index >= 15 is 0 Å². The van der Waals surface area contributed by atoms with Gasteiger partial charge >= 0.3 is 5.97 Å². The first-order valence-electron chi connectivity index (χ1n) is 9.22. The van der Waals surface area contributed by atoms with Crippen molar-refractivity contribution in [1.29, 1.82) is 0 Å². The third-order valence-electron chi connectivity index (χ3n) is 5.87. The normalized spacial score (nSPS) is 26.3. The Labute approximate surface area is 150 Å². The molecule has 0 saturated carbocycles. The molecule has 0 radical (unpaired) electrons. The number of aromatic hydroxyl groups is 1. The van der Waals surface area contributed by atoms with E-state index in [9.17, 15) is 9.90 Å². The number of carbonyl (C=O) groups excluding carboxylic acids is 1. The number of hydrogen-bond acceptors (Lipinski definition) is 3. The van der Waals surface area contributed by atoms with Crippen LogP contribution < -0.4 is 0 Å². The predicted octanol–water partition coefficient (Wildman–Crippen LogP) is 5.27. The summed E-state index contributed by atoms with van der Waals surface area (Å²) < 4.78 is 5.97. The van der Waals surface area contributed by atoms with Crippen molar-refractivity contribution in [3.8, 4) is 5.75 Å². The average Bonchev–Trinajstić information content (AvgIpc) is 2.85. The molecule has 2 aliphatic rings. The SMILES string of the molecule is CC1=CCC2=C(C)C[C@H](OC(=O)c3ccc(O)cc3)[C@H](C(C)C)C[C@H]12. The molecule has 1 N–H and O–H groups in total. The second-order valence-electron chi connectivity index (χ2n) is 7.85. The molecule has 25 heavy (non-hydrogen) atoms. The van der Waals surface area contributed by atoms with Crippen molar-refractivity contribution in [1.82, 2.24) is 0 Å². The Hall–Kier alpha value is -2.03. The van der Waals surface area contributed by atoms with Crippen molar-refractivity contribution in [2.75, 3.05) is 0 Å². The highest BCUT2D eigenvalue weighted by molar-refractivity contribution is 5.89. The fraction of sp³-hybridized carbons (Fsp3) is 0.500. The molecule has 2 aliphatic carbocycles. The third-order valence-corrected chi connectivity index (χ3v) is 5.87. The summed E-state index contributed by atoms with van der Waals surface area (Å²) in [7, 11) is 0. The van der Waals surface area contributed by atoms with Crippen LogP contribution in [0.25, 0.3) is 0 Å². The van der Waals surface area contributed by atoms with Gasteiger partial charge in [-0.2, -0.15) is 0 Å². The van der Waals surface area contributed by atoms with E-state index < -0.39 is 0 Å². The van der Waals surface area contributed by atoms with E-state index in [1.807, 2.05) is 0 Å². The maximum Gasteiger partial charge on any atom is 0.338 e. The molecule has 0 unspecified atom stereocenters. The average molecular weight is 340 g/mol. The molecule has 0 saturated heterocycles. The highest BCUT2D eigenvalue weighted by Crippen LogP contribution is 2.45. The second-order valence-corrected chi connectivity index (χ2v) is 7.85. The lowest BCUT2D eigenvalue weighted by atomic mass is 9.81. The van der Waals surface area contributed by atoms with Crippen molar-refractivity contribution in [3.05, 3.63) is 52.6 Å². The van der Waals surface area contributed by atoms with Gasteiger partial charge in [0, 0.05) is 12.3 Å². The van der Waals surface area contributed by atoms with E-state index in [2.05, 4.69) is 33.8 Å². The van der Waals surface area contributed by atoms with E-state index in [-0.39, 0.29) is 17.8 Å². The molecule has 3 heteroatoms. The van der Waals surface area contributed by atoms with Crippen LogP contribution in [-0.4, -0.2) is 17.2 Å². The Bertz CT molecular complexity index is 709. The van der Waals surface area contributed by atoms with Gasteiger partial charge in [0.05, 0.1) is 5.56 Å². The highest BCUT2D eigenvalue weighted by Gasteiger charge is 2.37. The van der Waals surface area contributed by atoms with Gasteiger partial charge in [0.15, 0.2) is 0 Å². The summed E-state index contributed by atoms with van der Waals surface area (Å²) >= 11 is 0. The molecule has 0 aliphatic heterocycles. The standard InChI is InChI=1S/C22H28O3/c1-13(2)19-12-20-14(3)5-10-18(20)15(4)11-21(19)25-22(24)16-6-8-17(23)9-7-16/h5-9,13,19-21,23H,10-12H2,1-4H3/t19-,20+,21-/m0/s1. The van der Waals surface area contributed by atoms with Crippen molar-refractivity contribution in [3.63, 3.8) is 0 Å². The lowest BCUT2D eigenvalue weighted by Crippen LogP contribution is -2.31. The van der Waals surface area contributed by atoms with E-state index in [1.165, 1.54) is 28.9 Å². The summed E-state index contributed by atoms with van der Waals surface area (Å²) in [6.07, 6.45) is 5.18.